The molecule has 1 aromatic rings. The van der Waals surface area contributed by atoms with Gasteiger partial charge in [-0.3, -0.25) is 0 Å². The summed E-state index contributed by atoms with van der Waals surface area (Å²) in [6.07, 6.45) is 0. The molecule has 0 atom stereocenters. The van der Waals surface area contributed by atoms with Crippen molar-refractivity contribution in [2.75, 3.05) is 40.1 Å². The third-order valence-electron chi connectivity index (χ3n) is 2.24. The first-order valence-corrected chi connectivity index (χ1v) is 5.30. The molecule has 0 bridgehead atoms. The quantitative estimate of drug-likeness (QED) is 0.612. The molecule has 0 radical (unpaired) electrons. The van der Waals surface area contributed by atoms with Gasteiger partial charge in [0.15, 0.2) is 0 Å². The minimum absolute atomic E-state index is 0.286. The Hall–Kier alpha value is -1.75. The van der Waals surface area contributed by atoms with Crippen LogP contribution < -0.4 is 10.5 Å². The average molecular weight is 238 g/mol. The summed E-state index contributed by atoms with van der Waals surface area (Å²) < 4.78 is 10.2. The summed E-state index contributed by atoms with van der Waals surface area (Å²) in [7, 11) is 5.21. The van der Waals surface area contributed by atoms with Crippen LogP contribution in [0.4, 0.5) is 5.69 Å². The van der Waals surface area contributed by atoms with Gasteiger partial charge in [0.05, 0.1) is 7.11 Å². The van der Waals surface area contributed by atoms with Crippen LogP contribution in [0.1, 0.15) is 10.4 Å². The molecule has 5 nitrogen and oxygen atoms in total. The van der Waals surface area contributed by atoms with Crippen molar-refractivity contribution < 1.29 is 14.3 Å². The highest BCUT2D eigenvalue weighted by Gasteiger charge is 2.16. The predicted molar refractivity (Wildman–Crippen MR) is 66.2 cm³/mol. The van der Waals surface area contributed by atoms with Gasteiger partial charge in [0, 0.05) is 12.2 Å². The molecule has 94 valence electrons. The fraction of sp³-hybridized carbons (Fsp3) is 0.417. The fourth-order valence-corrected chi connectivity index (χ4v) is 1.33. The summed E-state index contributed by atoms with van der Waals surface area (Å²) in [5.74, 6) is -0.0262. The second-order valence-corrected chi connectivity index (χ2v) is 3.86. The summed E-state index contributed by atoms with van der Waals surface area (Å²) >= 11 is 0. The molecular formula is C12H18N2O3. The van der Waals surface area contributed by atoms with E-state index in [1.54, 1.807) is 18.2 Å². The number of anilines is 1. The van der Waals surface area contributed by atoms with Gasteiger partial charge in [-0.1, -0.05) is 6.07 Å². The third-order valence-corrected chi connectivity index (χ3v) is 2.24. The predicted octanol–water partition coefficient (Wildman–Crippen LogP) is 0.996. The Balaban J connectivity index is 2.83. The fourth-order valence-electron chi connectivity index (χ4n) is 1.33. The number of rotatable bonds is 5. The van der Waals surface area contributed by atoms with Crippen molar-refractivity contribution in [3.8, 4) is 5.75 Å². The van der Waals surface area contributed by atoms with E-state index >= 15 is 0 Å². The second-order valence-electron chi connectivity index (χ2n) is 3.86. The van der Waals surface area contributed by atoms with Gasteiger partial charge >= 0.3 is 5.97 Å². The smallest absolute Gasteiger partial charge is 0.343 e. The number of nitrogens with two attached hydrogens (primary N) is 1. The van der Waals surface area contributed by atoms with Gasteiger partial charge in [0.25, 0.3) is 0 Å². The number of esters is 1. The number of carbonyl (C=O) groups excluding carboxylic acids is 1. The minimum atomic E-state index is -0.483. The molecule has 0 saturated carbocycles. The van der Waals surface area contributed by atoms with Crippen molar-refractivity contribution in [3.05, 3.63) is 23.8 Å². The van der Waals surface area contributed by atoms with E-state index in [9.17, 15) is 4.79 Å². The highest BCUT2D eigenvalue weighted by Crippen LogP contribution is 2.25. The van der Waals surface area contributed by atoms with Crippen LogP contribution in [0.25, 0.3) is 0 Å². The molecule has 0 amide bonds. The van der Waals surface area contributed by atoms with Crippen LogP contribution >= 0.6 is 0 Å². The molecule has 0 aromatic heterocycles. The summed E-state index contributed by atoms with van der Waals surface area (Å²) in [6, 6.07) is 5.09. The third kappa shape index (κ3) is 3.64. The highest BCUT2D eigenvalue weighted by molar-refractivity contribution is 5.98. The molecule has 0 heterocycles. The molecule has 0 saturated heterocycles. The number of hydrogen-bond acceptors (Lipinski definition) is 5. The normalized spacial score (nSPS) is 10.4. The van der Waals surface area contributed by atoms with Crippen molar-refractivity contribution >= 4 is 11.7 Å². The molecule has 0 aliphatic rings. The minimum Gasteiger partial charge on any atom is -0.491 e. The van der Waals surface area contributed by atoms with Crippen LogP contribution in [0.15, 0.2) is 18.2 Å². The first-order chi connectivity index (χ1) is 8.06. The monoisotopic (exact) mass is 238 g/mol. The van der Waals surface area contributed by atoms with Crippen LogP contribution in [0.5, 0.6) is 5.75 Å². The Morgan fingerprint density at radius 3 is 2.71 bits per heavy atom. The van der Waals surface area contributed by atoms with Crippen molar-refractivity contribution in [2.24, 2.45) is 0 Å². The second kappa shape index (κ2) is 6.10. The number of methoxy groups -OCH3 is 1. The van der Waals surface area contributed by atoms with Crippen LogP contribution in [-0.2, 0) is 4.74 Å². The van der Waals surface area contributed by atoms with Gasteiger partial charge in [0.1, 0.15) is 17.9 Å². The van der Waals surface area contributed by atoms with Gasteiger partial charge in [-0.05, 0) is 26.2 Å². The summed E-state index contributed by atoms with van der Waals surface area (Å²) in [5, 5.41) is 0. The molecule has 5 heteroatoms. The zero-order valence-electron chi connectivity index (χ0n) is 10.4. The number of ether oxygens (including phenoxy) is 2. The van der Waals surface area contributed by atoms with Crippen molar-refractivity contribution in [1.29, 1.82) is 0 Å². The molecule has 1 aromatic carbocycles. The molecule has 0 unspecified atom stereocenters. The van der Waals surface area contributed by atoms with Gasteiger partial charge < -0.3 is 20.1 Å². The maximum absolute atomic E-state index is 11.6. The largest absolute Gasteiger partial charge is 0.491 e. The molecule has 17 heavy (non-hydrogen) atoms. The standard InChI is InChI=1S/C12H18N2O3/c1-14(2)7-8-17-10-6-4-5-9(13)11(10)12(15)16-3/h4-6H,7-8,13H2,1-3H3. The van der Waals surface area contributed by atoms with Crippen LogP contribution in [-0.4, -0.2) is 45.2 Å². The topological polar surface area (TPSA) is 64.8 Å². The lowest BCUT2D eigenvalue weighted by molar-refractivity contribution is 0.0597. The summed E-state index contributed by atoms with van der Waals surface area (Å²) in [4.78, 5) is 13.5. The maximum Gasteiger partial charge on any atom is 0.343 e. The van der Waals surface area contributed by atoms with Gasteiger partial charge in [-0.2, -0.15) is 0 Å². The number of benzene rings is 1. The lowest BCUT2D eigenvalue weighted by Gasteiger charge is -2.14. The van der Waals surface area contributed by atoms with E-state index in [0.717, 1.165) is 6.54 Å². The Kier molecular flexibility index (Phi) is 4.78. The molecule has 1 rings (SSSR count). The number of likely N-dealkylation sites (N-methyl/N-ethyl adjacent to an activating group) is 1. The first kappa shape index (κ1) is 13.3. The zero-order valence-corrected chi connectivity index (χ0v) is 10.4. The Bertz CT molecular complexity index is 391. The van der Waals surface area contributed by atoms with Crippen molar-refractivity contribution in [3.63, 3.8) is 0 Å². The molecule has 0 spiro atoms. The Morgan fingerprint density at radius 1 is 1.41 bits per heavy atom. The zero-order chi connectivity index (χ0) is 12.8. The van der Waals surface area contributed by atoms with Gasteiger partial charge in [0.2, 0.25) is 0 Å². The van der Waals surface area contributed by atoms with Gasteiger partial charge in [-0.15, -0.1) is 0 Å². The maximum atomic E-state index is 11.6. The number of nitrogens with zero attached hydrogens (tertiary/aromatic N) is 1. The first-order valence-electron chi connectivity index (χ1n) is 5.30. The number of carbonyl (C=O) groups is 1. The molecular weight excluding hydrogens is 220 g/mol. The van der Waals surface area contributed by atoms with E-state index in [2.05, 4.69) is 4.74 Å². The van der Waals surface area contributed by atoms with E-state index in [0.29, 0.717) is 18.0 Å². The Labute approximate surface area is 101 Å². The molecule has 0 fully saturated rings. The van der Waals surface area contributed by atoms with Crippen LogP contribution in [0, 0.1) is 0 Å². The highest BCUT2D eigenvalue weighted by atomic mass is 16.5. The lowest BCUT2D eigenvalue weighted by Crippen LogP contribution is -2.20. The van der Waals surface area contributed by atoms with Crippen molar-refractivity contribution in [1.82, 2.24) is 4.90 Å². The molecule has 0 aliphatic carbocycles. The van der Waals surface area contributed by atoms with E-state index in [1.165, 1.54) is 7.11 Å². The van der Waals surface area contributed by atoms with Crippen LogP contribution in [0.2, 0.25) is 0 Å². The van der Waals surface area contributed by atoms with E-state index in [1.807, 2.05) is 19.0 Å². The average Bonchev–Trinajstić information content (AvgIpc) is 2.28. The van der Waals surface area contributed by atoms with E-state index < -0.39 is 5.97 Å². The Morgan fingerprint density at radius 2 is 2.12 bits per heavy atom. The summed E-state index contributed by atoms with van der Waals surface area (Å²) in [6.45, 7) is 1.25. The van der Waals surface area contributed by atoms with E-state index in [4.69, 9.17) is 10.5 Å². The number of nitrogen functional groups attached to an aromatic ring is 1. The molecule has 2 N–H and O–H groups in total. The van der Waals surface area contributed by atoms with Gasteiger partial charge in [-0.25, -0.2) is 4.79 Å². The summed E-state index contributed by atoms with van der Waals surface area (Å²) in [5.41, 5.74) is 6.38. The number of hydrogen-bond donors (Lipinski definition) is 1. The molecule has 0 aliphatic heterocycles. The van der Waals surface area contributed by atoms with Crippen LogP contribution in [0.3, 0.4) is 0 Å². The lowest BCUT2D eigenvalue weighted by atomic mass is 10.1. The van der Waals surface area contributed by atoms with Crippen molar-refractivity contribution in [2.45, 2.75) is 0 Å². The van der Waals surface area contributed by atoms with E-state index in [-0.39, 0.29) is 5.56 Å². The SMILES string of the molecule is COC(=O)c1c(N)cccc1OCCN(C)C.